The second-order valence-electron chi connectivity index (χ2n) is 4.94. The third kappa shape index (κ3) is 3.42. The molecule has 1 heterocycles. The molecule has 0 bridgehead atoms. The molecule has 0 saturated heterocycles. The maximum atomic E-state index is 5.16. The molecule has 1 fully saturated rings. The highest BCUT2D eigenvalue weighted by atomic mass is 79.9. The van der Waals surface area contributed by atoms with Gasteiger partial charge in [-0.25, -0.2) is 4.98 Å². The molecule has 1 aromatic rings. The Labute approximate surface area is 111 Å². The van der Waals surface area contributed by atoms with Crippen molar-refractivity contribution in [1.82, 2.24) is 4.98 Å². The van der Waals surface area contributed by atoms with Gasteiger partial charge in [0.2, 0.25) is 0 Å². The molecule has 0 aromatic carbocycles. The van der Waals surface area contributed by atoms with Crippen LogP contribution in [-0.2, 0) is 4.74 Å². The first-order valence-electron chi connectivity index (χ1n) is 6.00. The molecule has 0 atom stereocenters. The van der Waals surface area contributed by atoms with Crippen molar-refractivity contribution in [3.63, 3.8) is 0 Å². The molecule has 1 aliphatic carbocycles. The number of ether oxygens (including phenoxy) is 1. The Bertz CT molecular complexity index is 391. The highest BCUT2D eigenvalue weighted by Crippen LogP contribution is 2.48. The smallest absolute Gasteiger partial charge is 0.140 e. The first-order chi connectivity index (χ1) is 8.15. The summed E-state index contributed by atoms with van der Waals surface area (Å²) in [5.74, 6) is 0.944. The summed E-state index contributed by atoms with van der Waals surface area (Å²) in [6.45, 7) is 3.89. The molecule has 3 nitrogen and oxygen atoms in total. The van der Waals surface area contributed by atoms with Gasteiger partial charge in [0, 0.05) is 26.5 Å². The van der Waals surface area contributed by atoms with Gasteiger partial charge in [0.1, 0.15) is 5.82 Å². The largest absolute Gasteiger partial charge is 0.385 e. The monoisotopic (exact) mass is 298 g/mol. The van der Waals surface area contributed by atoms with Crippen molar-refractivity contribution in [3.05, 3.63) is 22.3 Å². The molecule has 17 heavy (non-hydrogen) atoms. The lowest BCUT2D eigenvalue weighted by atomic mass is 10.0. The summed E-state index contributed by atoms with van der Waals surface area (Å²) in [6.07, 6.45) is 5.63. The number of nitrogens with zero attached hydrogens (tertiary/aromatic N) is 1. The fourth-order valence-corrected chi connectivity index (χ4v) is 2.55. The van der Waals surface area contributed by atoms with Gasteiger partial charge in [-0.05, 0) is 59.2 Å². The average Bonchev–Trinajstić information content (AvgIpc) is 3.06. The number of aryl methyl sites for hydroxylation is 1. The molecule has 1 saturated carbocycles. The molecular formula is C13H19BrN2O. The van der Waals surface area contributed by atoms with Crippen molar-refractivity contribution in [3.8, 4) is 0 Å². The van der Waals surface area contributed by atoms with Crippen molar-refractivity contribution in [2.45, 2.75) is 26.2 Å². The summed E-state index contributed by atoms with van der Waals surface area (Å²) in [5, 5.41) is 3.44. The van der Waals surface area contributed by atoms with E-state index in [1.807, 2.05) is 13.1 Å². The summed E-state index contributed by atoms with van der Waals surface area (Å²) >= 11 is 3.54. The van der Waals surface area contributed by atoms with Gasteiger partial charge < -0.3 is 10.1 Å². The maximum absolute atomic E-state index is 5.16. The van der Waals surface area contributed by atoms with Crippen LogP contribution in [0.1, 0.15) is 24.8 Å². The summed E-state index contributed by atoms with van der Waals surface area (Å²) in [5.41, 5.74) is 1.62. The molecule has 0 spiro atoms. The molecule has 0 radical (unpaired) electrons. The predicted molar refractivity (Wildman–Crippen MR) is 73.3 cm³/mol. The summed E-state index contributed by atoms with van der Waals surface area (Å²) < 4.78 is 6.20. The van der Waals surface area contributed by atoms with Crippen LogP contribution in [0, 0.1) is 12.3 Å². The van der Waals surface area contributed by atoms with Gasteiger partial charge in [0.25, 0.3) is 0 Å². The van der Waals surface area contributed by atoms with Crippen LogP contribution in [0.3, 0.4) is 0 Å². The topological polar surface area (TPSA) is 34.1 Å². The Kier molecular flexibility index (Phi) is 4.05. The van der Waals surface area contributed by atoms with Crippen LogP contribution in [0.15, 0.2) is 16.7 Å². The van der Waals surface area contributed by atoms with Gasteiger partial charge in [0.15, 0.2) is 0 Å². The Morgan fingerprint density at radius 3 is 2.88 bits per heavy atom. The van der Waals surface area contributed by atoms with Crippen LogP contribution >= 0.6 is 15.9 Å². The molecule has 1 aliphatic rings. The van der Waals surface area contributed by atoms with E-state index in [1.165, 1.54) is 18.4 Å². The summed E-state index contributed by atoms with van der Waals surface area (Å²) in [7, 11) is 1.77. The number of anilines is 1. The first kappa shape index (κ1) is 12.8. The fraction of sp³-hybridized carbons (Fsp3) is 0.615. The van der Waals surface area contributed by atoms with Crippen LogP contribution in [0.4, 0.5) is 5.82 Å². The molecule has 0 amide bonds. The SMILES string of the molecule is COCCC1(CNc2ncc(C)cc2Br)CC1. The van der Waals surface area contributed by atoms with E-state index >= 15 is 0 Å². The van der Waals surface area contributed by atoms with Crippen LogP contribution in [0.5, 0.6) is 0 Å². The van der Waals surface area contributed by atoms with Crippen molar-refractivity contribution >= 4 is 21.7 Å². The van der Waals surface area contributed by atoms with Crippen LogP contribution < -0.4 is 5.32 Å². The van der Waals surface area contributed by atoms with E-state index in [0.29, 0.717) is 5.41 Å². The van der Waals surface area contributed by atoms with E-state index in [2.05, 4.69) is 32.3 Å². The van der Waals surface area contributed by atoms with Crippen LogP contribution in [0.2, 0.25) is 0 Å². The lowest BCUT2D eigenvalue weighted by Crippen LogP contribution is -2.18. The second kappa shape index (κ2) is 5.36. The van der Waals surface area contributed by atoms with Crippen molar-refractivity contribution in [2.75, 3.05) is 25.6 Å². The highest BCUT2D eigenvalue weighted by molar-refractivity contribution is 9.10. The van der Waals surface area contributed by atoms with E-state index in [1.54, 1.807) is 7.11 Å². The molecule has 94 valence electrons. The number of hydrogen-bond acceptors (Lipinski definition) is 3. The zero-order valence-corrected chi connectivity index (χ0v) is 12.0. The summed E-state index contributed by atoms with van der Waals surface area (Å²) in [6, 6.07) is 2.09. The Morgan fingerprint density at radius 2 is 2.29 bits per heavy atom. The van der Waals surface area contributed by atoms with Crippen molar-refractivity contribution < 1.29 is 4.74 Å². The van der Waals surface area contributed by atoms with E-state index < -0.39 is 0 Å². The summed E-state index contributed by atoms with van der Waals surface area (Å²) in [4.78, 5) is 4.40. The van der Waals surface area contributed by atoms with E-state index in [-0.39, 0.29) is 0 Å². The minimum absolute atomic E-state index is 0.446. The maximum Gasteiger partial charge on any atom is 0.140 e. The third-order valence-corrected chi connectivity index (χ3v) is 4.01. The van der Waals surface area contributed by atoms with Gasteiger partial charge in [-0.2, -0.15) is 0 Å². The Hall–Kier alpha value is -0.610. The average molecular weight is 299 g/mol. The second-order valence-corrected chi connectivity index (χ2v) is 5.79. The van der Waals surface area contributed by atoms with Crippen molar-refractivity contribution in [2.24, 2.45) is 5.41 Å². The zero-order chi connectivity index (χ0) is 12.3. The van der Waals surface area contributed by atoms with Gasteiger partial charge in [-0.3, -0.25) is 0 Å². The van der Waals surface area contributed by atoms with Crippen LogP contribution in [0.25, 0.3) is 0 Å². The van der Waals surface area contributed by atoms with Crippen LogP contribution in [-0.4, -0.2) is 25.2 Å². The molecule has 1 N–H and O–H groups in total. The number of halogens is 1. The number of aromatic nitrogens is 1. The fourth-order valence-electron chi connectivity index (χ4n) is 1.95. The standard InChI is InChI=1S/C13H19BrN2O/c1-10-7-11(14)12(15-8-10)16-9-13(3-4-13)5-6-17-2/h7-8H,3-6,9H2,1-2H3,(H,15,16). The minimum Gasteiger partial charge on any atom is -0.385 e. The van der Waals surface area contributed by atoms with Gasteiger partial charge >= 0.3 is 0 Å². The molecule has 0 unspecified atom stereocenters. The highest BCUT2D eigenvalue weighted by Gasteiger charge is 2.41. The predicted octanol–water partition coefficient (Wildman–Crippen LogP) is 3.38. The molecule has 1 aromatic heterocycles. The van der Waals surface area contributed by atoms with Crippen molar-refractivity contribution in [1.29, 1.82) is 0 Å². The lowest BCUT2D eigenvalue weighted by Gasteiger charge is -2.16. The number of hydrogen-bond donors (Lipinski definition) is 1. The third-order valence-electron chi connectivity index (χ3n) is 3.40. The molecule has 0 aliphatic heterocycles. The molecule has 4 heteroatoms. The number of pyridine rings is 1. The zero-order valence-electron chi connectivity index (χ0n) is 10.4. The van der Waals surface area contributed by atoms with E-state index in [4.69, 9.17) is 4.74 Å². The molecule has 2 rings (SSSR count). The quantitative estimate of drug-likeness (QED) is 0.874. The van der Waals surface area contributed by atoms with E-state index in [0.717, 1.165) is 29.9 Å². The Morgan fingerprint density at radius 1 is 1.53 bits per heavy atom. The lowest BCUT2D eigenvalue weighted by molar-refractivity contribution is 0.175. The molecular weight excluding hydrogens is 280 g/mol. The number of nitrogens with one attached hydrogen (secondary N) is 1. The number of rotatable bonds is 6. The Balaban J connectivity index is 1.89. The minimum atomic E-state index is 0.446. The van der Waals surface area contributed by atoms with Gasteiger partial charge in [0.05, 0.1) is 4.47 Å². The van der Waals surface area contributed by atoms with E-state index in [9.17, 15) is 0 Å². The van der Waals surface area contributed by atoms with Gasteiger partial charge in [-0.15, -0.1) is 0 Å². The number of methoxy groups -OCH3 is 1. The van der Waals surface area contributed by atoms with Gasteiger partial charge in [-0.1, -0.05) is 0 Å². The first-order valence-corrected chi connectivity index (χ1v) is 6.79. The normalized spacial score (nSPS) is 16.9.